The molecule has 0 atom stereocenters. The van der Waals surface area contributed by atoms with Crippen LogP contribution in [0.4, 0.5) is 5.69 Å². The second kappa shape index (κ2) is 3.95. The summed E-state index contributed by atoms with van der Waals surface area (Å²) in [6, 6.07) is 3.19. The molecule has 0 aliphatic carbocycles. The van der Waals surface area contributed by atoms with E-state index >= 15 is 0 Å². The number of thiophene rings is 1. The van der Waals surface area contributed by atoms with Crippen LogP contribution in [-0.4, -0.2) is 13.6 Å². The van der Waals surface area contributed by atoms with E-state index in [9.17, 15) is 8.42 Å². The van der Waals surface area contributed by atoms with Crippen LogP contribution >= 0.6 is 27.3 Å². The molecular weight excluding hydrogens is 304 g/mol. The zero-order valence-electron chi connectivity index (χ0n) is 7.18. The monoisotopic (exact) mass is 308 g/mol. The first kappa shape index (κ1) is 10.7. The van der Waals surface area contributed by atoms with E-state index in [2.05, 4.69) is 30.3 Å². The van der Waals surface area contributed by atoms with Gasteiger partial charge in [0, 0.05) is 0 Å². The van der Waals surface area contributed by atoms with Crippen molar-refractivity contribution in [2.24, 2.45) is 0 Å². The number of sulfonamides is 1. The van der Waals surface area contributed by atoms with E-state index in [-0.39, 0.29) is 4.21 Å². The molecule has 0 radical (unpaired) electrons. The predicted octanol–water partition coefficient (Wildman–Crippen LogP) is 2.30. The van der Waals surface area contributed by atoms with Crippen molar-refractivity contribution in [3.63, 3.8) is 0 Å². The Morgan fingerprint density at radius 3 is 2.80 bits per heavy atom. The summed E-state index contributed by atoms with van der Waals surface area (Å²) in [6.45, 7) is 0. The highest BCUT2D eigenvalue weighted by Gasteiger charge is 2.17. The number of anilines is 1. The Morgan fingerprint density at radius 2 is 2.27 bits per heavy atom. The zero-order valence-corrected chi connectivity index (χ0v) is 10.4. The molecule has 5 nitrogen and oxygen atoms in total. The Kier molecular flexibility index (Phi) is 2.81. The molecule has 15 heavy (non-hydrogen) atoms. The molecule has 2 rings (SSSR count). The van der Waals surface area contributed by atoms with Crippen molar-refractivity contribution in [1.82, 2.24) is 5.16 Å². The minimum absolute atomic E-state index is 0.232. The Hall–Kier alpha value is -0.860. The maximum atomic E-state index is 11.7. The van der Waals surface area contributed by atoms with Crippen LogP contribution in [0.3, 0.4) is 0 Å². The molecule has 0 aliphatic heterocycles. The molecule has 8 heteroatoms. The van der Waals surface area contributed by atoms with Crippen LogP contribution in [0.5, 0.6) is 0 Å². The largest absolute Gasteiger partial charge is 0.362 e. The number of aromatic nitrogens is 1. The topological polar surface area (TPSA) is 72.2 Å². The Bertz CT molecular complexity index is 547. The quantitative estimate of drug-likeness (QED) is 0.944. The number of halogens is 1. The van der Waals surface area contributed by atoms with E-state index in [1.165, 1.54) is 18.5 Å². The van der Waals surface area contributed by atoms with Crippen molar-refractivity contribution in [3.05, 3.63) is 28.4 Å². The summed E-state index contributed by atoms with van der Waals surface area (Å²) < 4.78 is 31.3. The summed E-state index contributed by atoms with van der Waals surface area (Å²) in [5.41, 5.74) is 0.305. The van der Waals surface area contributed by atoms with Crippen molar-refractivity contribution < 1.29 is 12.9 Å². The van der Waals surface area contributed by atoms with Crippen LogP contribution in [0.1, 0.15) is 0 Å². The number of nitrogens with one attached hydrogen (secondary N) is 1. The highest BCUT2D eigenvalue weighted by molar-refractivity contribution is 9.11. The Balaban J connectivity index is 2.28. The predicted molar refractivity (Wildman–Crippen MR) is 59.3 cm³/mol. The maximum absolute atomic E-state index is 11.7. The zero-order chi connectivity index (χ0) is 10.9. The number of rotatable bonds is 3. The summed E-state index contributed by atoms with van der Waals surface area (Å²) in [7, 11) is -3.52. The molecule has 80 valence electrons. The van der Waals surface area contributed by atoms with E-state index in [1.54, 1.807) is 6.07 Å². The smallest absolute Gasteiger partial charge is 0.271 e. The van der Waals surface area contributed by atoms with Crippen molar-refractivity contribution >= 4 is 43.0 Å². The first-order valence-corrected chi connectivity index (χ1v) is 6.85. The van der Waals surface area contributed by atoms with Gasteiger partial charge in [0.25, 0.3) is 10.0 Å². The van der Waals surface area contributed by atoms with Gasteiger partial charge in [-0.3, -0.25) is 4.72 Å². The highest BCUT2D eigenvalue weighted by atomic mass is 79.9. The first-order valence-electron chi connectivity index (χ1n) is 3.75. The second-order valence-electron chi connectivity index (χ2n) is 2.58. The molecule has 0 fully saturated rings. The van der Waals surface area contributed by atoms with Gasteiger partial charge in [-0.05, 0) is 28.1 Å². The van der Waals surface area contributed by atoms with E-state index in [0.29, 0.717) is 5.69 Å². The fraction of sp³-hybridized carbons (Fsp3) is 0. The molecule has 0 aromatic carbocycles. The fourth-order valence-electron chi connectivity index (χ4n) is 0.903. The van der Waals surface area contributed by atoms with Crippen LogP contribution in [0.25, 0.3) is 0 Å². The van der Waals surface area contributed by atoms with Crippen LogP contribution in [0.15, 0.2) is 37.1 Å². The normalized spacial score (nSPS) is 11.5. The van der Waals surface area contributed by atoms with Crippen LogP contribution in [0, 0.1) is 0 Å². The maximum Gasteiger partial charge on any atom is 0.271 e. The van der Waals surface area contributed by atoms with Gasteiger partial charge >= 0.3 is 0 Å². The standard InChI is InChI=1S/C7H5BrN2O3S2/c8-6-1-2-7(14-6)15(11,12)10-5-3-9-13-4-5/h1-4,10H. The molecule has 2 aromatic rings. The van der Waals surface area contributed by atoms with Crippen molar-refractivity contribution in [2.75, 3.05) is 4.72 Å². The molecule has 2 heterocycles. The van der Waals surface area contributed by atoms with E-state index < -0.39 is 10.0 Å². The third kappa shape index (κ3) is 2.39. The summed E-state index contributed by atoms with van der Waals surface area (Å²) in [5.74, 6) is 0. The lowest BCUT2D eigenvalue weighted by Crippen LogP contribution is -2.10. The van der Waals surface area contributed by atoms with Gasteiger partial charge in [-0.1, -0.05) is 5.16 Å². The molecule has 0 saturated heterocycles. The minimum Gasteiger partial charge on any atom is -0.362 e. The van der Waals surface area contributed by atoms with Gasteiger partial charge in [-0.2, -0.15) is 0 Å². The molecule has 0 spiro atoms. The summed E-state index contributed by atoms with van der Waals surface area (Å²) in [5, 5.41) is 3.40. The minimum atomic E-state index is -3.52. The van der Waals surface area contributed by atoms with Crippen molar-refractivity contribution in [2.45, 2.75) is 4.21 Å². The molecule has 0 saturated carbocycles. The Labute approximate surface area is 98.3 Å². The highest BCUT2D eigenvalue weighted by Crippen LogP contribution is 2.27. The van der Waals surface area contributed by atoms with Crippen molar-refractivity contribution in [3.8, 4) is 0 Å². The van der Waals surface area contributed by atoms with Gasteiger partial charge in [0.1, 0.15) is 16.2 Å². The lowest BCUT2D eigenvalue weighted by atomic mass is 10.6. The van der Waals surface area contributed by atoms with E-state index in [4.69, 9.17) is 0 Å². The molecule has 1 N–H and O–H groups in total. The Morgan fingerprint density at radius 1 is 1.47 bits per heavy atom. The lowest BCUT2D eigenvalue weighted by molar-refractivity contribution is 0.420. The third-order valence-electron chi connectivity index (χ3n) is 1.50. The number of hydrogen-bond acceptors (Lipinski definition) is 5. The van der Waals surface area contributed by atoms with Gasteiger partial charge in [0.2, 0.25) is 0 Å². The van der Waals surface area contributed by atoms with Gasteiger partial charge in [-0.15, -0.1) is 11.3 Å². The van der Waals surface area contributed by atoms with Gasteiger partial charge in [0.15, 0.2) is 0 Å². The fourth-order valence-corrected chi connectivity index (χ4v) is 3.94. The SMILES string of the molecule is O=S(=O)(Nc1cnoc1)c1ccc(Br)s1. The van der Waals surface area contributed by atoms with Crippen molar-refractivity contribution in [1.29, 1.82) is 0 Å². The van der Waals surface area contributed by atoms with Crippen LogP contribution < -0.4 is 4.72 Å². The second-order valence-corrected chi connectivity index (χ2v) is 6.95. The van der Waals surface area contributed by atoms with Gasteiger partial charge < -0.3 is 4.52 Å². The average molecular weight is 309 g/mol. The van der Waals surface area contributed by atoms with Gasteiger partial charge in [0.05, 0.1) is 9.98 Å². The first-order chi connectivity index (χ1) is 7.08. The molecular formula is C7H5BrN2O3S2. The summed E-state index contributed by atoms with van der Waals surface area (Å²) >= 11 is 4.33. The van der Waals surface area contributed by atoms with Crippen LogP contribution in [0.2, 0.25) is 0 Å². The summed E-state index contributed by atoms with van der Waals surface area (Å²) in [4.78, 5) is 0. The molecule has 0 amide bonds. The molecule has 2 aromatic heterocycles. The van der Waals surface area contributed by atoms with Crippen LogP contribution in [-0.2, 0) is 10.0 Å². The van der Waals surface area contributed by atoms with Gasteiger partial charge in [-0.25, -0.2) is 8.42 Å². The number of nitrogens with zero attached hydrogens (tertiary/aromatic N) is 1. The molecule has 0 unspecified atom stereocenters. The number of hydrogen-bond donors (Lipinski definition) is 1. The lowest BCUT2D eigenvalue weighted by Gasteiger charge is -2.01. The summed E-state index contributed by atoms with van der Waals surface area (Å²) in [6.07, 6.45) is 2.51. The third-order valence-corrected chi connectivity index (χ3v) is 4.99. The van der Waals surface area contributed by atoms with E-state index in [1.807, 2.05) is 0 Å². The molecule has 0 aliphatic rings. The van der Waals surface area contributed by atoms with E-state index in [0.717, 1.165) is 15.1 Å². The molecule has 0 bridgehead atoms. The average Bonchev–Trinajstić information content (AvgIpc) is 2.75.